The molecule has 1 rings (SSSR count). The fraction of sp³-hybridized carbons (Fsp3) is 0.154. The van der Waals surface area contributed by atoms with Crippen LogP contribution in [0.15, 0.2) is 54.6 Å². The highest BCUT2D eigenvalue weighted by molar-refractivity contribution is 5.81. The Bertz CT molecular complexity index is 369. The summed E-state index contributed by atoms with van der Waals surface area (Å²) in [6.07, 6.45) is 6.66. The molecule has 0 radical (unpaired) electrons. The van der Waals surface area contributed by atoms with E-state index in [2.05, 4.69) is 0 Å². The molecule has 0 fully saturated rings. The van der Waals surface area contributed by atoms with Crippen LogP contribution in [-0.4, -0.2) is 5.97 Å². The average molecular weight is 218 g/mol. The molecule has 2 N–H and O–H groups in total. The summed E-state index contributed by atoms with van der Waals surface area (Å²) >= 11 is 0. The summed E-state index contributed by atoms with van der Waals surface area (Å²) in [6.45, 7) is 2.52. The van der Waals surface area contributed by atoms with Crippen LogP contribution in [0.4, 0.5) is 0 Å². The Morgan fingerprint density at radius 3 is 2.75 bits per heavy atom. The van der Waals surface area contributed by atoms with Gasteiger partial charge in [-0.05, 0) is 6.92 Å². The monoisotopic (exact) mass is 218 g/mol. The highest BCUT2D eigenvalue weighted by atomic mass is 16.7. The molecule has 0 aliphatic rings. The number of carbonyl (C=O) groups is 1. The first-order chi connectivity index (χ1) is 7.83. The van der Waals surface area contributed by atoms with Gasteiger partial charge in [0.15, 0.2) is 0 Å². The Hall–Kier alpha value is -1.87. The van der Waals surface area contributed by atoms with Crippen LogP contribution < -0.4 is 5.48 Å². The zero-order valence-corrected chi connectivity index (χ0v) is 9.30. The Morgan fingerprint density at radius 2 is 2.06 bits per heavy atom. The zero-order chi connectivity index (χ0) is 11.6. The molecule has 0 aliphatic carbocycles. The van der Waals surface area contributed by atoms with Crippen LogP contribution in [0.3, 0.4) is 0 Å². The molecule has 0 heterocycles. The summed E-state index contributed by atoms with van der Waals surface area (Å²) in [4.78, 5) is 16.0. The van der Waals surface area contributed by atoms with Gasteiger partial charge >= 0.3 is 5.97 Å². The molecule has 0 aliphatic heterocycles. The van der Waals surface area contributed by atoms with Gasteiger partial charge in [0.1, 0.15) is 6.54 Å². The average Bonchev–Trinajstić information content (AvgIpc) is 2.31. The topological polar surface area (TPSA) is 42.9 Å². The molecule has 1 aromatic rings. The molecular formula is C13H16NO2+. The lowest BCUT2D eigenvalue weighted by Crippen LogP contribution is -2.82. The van der Waals surface area contributed by atoms with Gasteiger partial charge < -0.3 is 0 Å². The molecule has 0 unspecified atom stereocenters. The van der Waals surface area contributed by atoms with E-state index < -0.39 is 0 Å². The fourth-order valence-electron chi connectivity index (χ4n) is 1.12. The fourth-order valence-corrected chi connectivity index (χ4v) is 1.12. The van der Waals surface area contributed by atoms with Crippen molar-refractivity contribution in [3.8, 4) is 0 Å². The van der Waals surface area contributed by atoms with Crippen LogP contribution in [0.2, 0.25) is 0 Å². The second-order valence-electron chi connectivity index (χ2n) is 3.18. The van der Waals surface area contributed by atoms with Crippen molar-refractivity contribution in [2.75, 3.05) is 0 Å². The quantitative estimate of drug-likeness (QED) is 0.460. The molecule has 0 aromatic heterocycles. The lowest BCUT2D eigenvalue weighted by atomic mass is 10.2. The van der Waals surface area contributed by atoms with E-state index in [0.29, 0.717) is 6.54 Å². The third-order valence-electron chi connectivity index (χ3n) is 1.90. The van der Waals surface area contributed by atoms with Crippen molar-refractivity contribution in [2.45, 2.75) is 13.5 Å². The molecule has 3 nitrogen and oxygen atoms in total. The van der Waals surface area contributed by atoms with Crippen molar-refractivity contribution in [1.29, 1.82) is 0 Å². The SMILES string of the molecule is C/C=C/C=C/C(=O)O[NH2+]Cc1ccccc1. The van der Waals surface area contributed by atoms with Gasteiger partial charge in [-0.25, -0.2) is 4.79 Å². The van der Waals surface area contributed by atoms with Gasteiger partial charge in [-0.1, -0.05) is 48.6 Å². The van der Waals surface area contributed by atoms with Crippen molar-refractivity contribution < 1.29 is 15.1 Å². The van der Waals surface area contributed by atoms with E-state index in [0.717, 1.165) is 5.56 Å². The van der Waals surface area contributed by atoms with E-state index in [9.17, 15) is 4.79 Å². The molecule has 3 heteroatoms. The van der Waals surface area contributed by atoms with Crippen LogP contribution in [0.5, 0.6) is 0 Å². The Kier molecular flexibility index (Phi) is 5.66. The van der Waals surface area contributed by atoms with Crippen LogP contribution in [0.25, 0.3) is 0 Å². The first-order valence-electron chi connectivity index (χ1n) is 5.18. The zero-order valence-electron chi connectivity index (χ0n) is 9.30. The number of allylic oxidation sites excluding steroid dienone is 3. The number of quaternary nitrogens is 1. The number of hydroxylamine groups is 1. The maximum atomic E-state index is 11.1. The minimum atomic E-state index is -0.353. The standard InChI is InChI=1S/C13H15NO2/c1-2-3-5-10-13(15)16-14-11-12-8-6-4-7-9-12/h2-10,14H,11H2,1H3/p+1/b3-2+,10-5+. The van der Waals surface area contributed by atoms with Crippen molar-refractivity contribution in [3.63, 3.8) is 0 Å². The number of benzene rings is 1. The smallest absolute Gasteiger partial charge is 0.275 e. The molecule has 0 atom stereocenters. The van der Waals surface area contributed by atoms with Gasteiger partial charge in [0.25, 0.3) is 0 Å². The first kappa shape index (κ1) is 12.2. The summed E-state index contributed by atoms with van der Waals surface area (Å²) in [6, 6.07) is 9.84. The van der Waals surface area contributed by atoms with Crippen molar-refractivity contribution in [3.05, 3.63) is 60.2 Å². The largest absolute Gasteiger partial charge is 0.390 e. The van der Waals surface area contributed by atoms with Gasteiger partial charge in [-0.3, -0.25) is 4.84 Å². The Morgan fingerprint density at radius 1 is 1.31 bits per heavy atom. The summed E-state index contributed by atoms with van der Waals surface area (Å²) in [5.74, 6) is -0.353. The molecule has 16 heavy (non-hydrogen) atoms. The molecule has 0 saturated heterocycles. The van der Waals surface area contributed by atoms with E-state index in [1.54, 1.807) is 12.2 Å². The number of hydrogen-bond acceptors (Lipinski definition) is 2. The summed E-state index contributed by atoms with van der Waals surface area (Å²) < 4.78 is 0. The summed E-state index contributed by atoms with van der Waals surface area (Å²) in [5, 5.41) is 0. The predicted octanol–water partition coefficient (Wildman–Crippen LogP) is 1.34. The van der Waals surface area contributed by atoms with E-state index in [4.69, 9.17) is 4.84 Å². The highest BCUT2D eigenvalue weighted by Gasteiger charge is 1.99. The van der Waals surface area contributed by atoms with Crippen molar-refractivity contribution >= 4 is 5.97 Å². The van der Waals surface area contributed by atoms with Gasteiger partial charge in [-0.15, -0.1) is 0 Å². The molecule has 0 spiro atoms. The maximum Gasteiger partial charge on any atom is 0.390 e. The van der Waals surface area contributed by atoms with Crippen molar-refractivity contribution in [1.82, 2.24) is 0 Å². The molecule has 0 saturated carbocycles. The predicted molar refractivity (Wildman–Crippen MR) is 62.1 cm³/mol. The third kappa shape index (κ3) is 5.12. The molecule has 0 amide bonds. The summed E-state index contributed by atoms with van der Waals surface area (Å²) in [7, 11) is 0. The van der Waals surface area contributed by atoms with Crippen molar-refractivity contribution in [2.24, 2.45) is 0 Å². The number of hydrogen-bond donors (Lipinski definition) is 1. The van der Waals surface area contributed by atoms with E-state index in [-0.39, 0.29) is 5.97 Å². The van der Waals surface area contributed by atoms with E-state index >= 15 is 0 Å². The van der Waals surface area contributed by atoms with Gasteiger partial charge in [-0.2, -0.15) is 5.48 Å². The maximum absolute atomic E-state index is 11.1. The first-order valence-corrected chi connectivity index (χ1v) is 5.18. The van der Waals surface area contributed by atoms with Gasteiger partial charge in [0, 0.05) is 11.6 Å². The van der Waals surface area contributed by atoms with Crippen LogP contribution in [-0.2, 0) is 16.2 Å². The lowest BCUT2D eigenvalue weighted by molar-refractivity contribution is -0.884. The highest BCUT2D eigenvalue weighted by Crippen LogP contribution is 1.94. The second kappa shape index (κ2) is 7.43. The second-order valence-corrected chi connectivity index (χ2v) is 3.18. The van der Waals surface area contributed by atoms with Gasteiger partial charge in [0.05, 0.1) is 0 Å². The number of nitrogens with two attached hydrogens (primary N) is 1. The van der Waals surface area contributed by atoms with Crippen LogP contribution in [0.1, 0.15) is 12.5 Å². The molecule has 1 aromatic carbocycles. The van der Waals surface area contributed by atoms with Gasteiger partial charge in [0.2, 0.25) is 0 Å². The Balaban J connectivity index is 2.23. The van der Waals surface area contributed by atoms with Crippen LogP contribution >= 0.6 is 0 Å². The number of carbonyl (C=O) groups excluding carboxylic acids is 1. The molecule has 84 valence electrons. The Labute approximate surface area is 95.4 Å². The summed E-state index contributed by atoms with van der Waals surface area (Å²) in [5.41, 5.74) is 2.63. The lowest BCUT2D eigenvalue weighted by Gasteiger charge is -1.98. The normalized spacial score (nSPS) is 11.1. The molecular weight excluding hydrogens is 202 g/mol. The third-order valence-corrected chi connectivity index (χ3v) is 1.90. The molecule has 0 bridgehead atoms. The van der Waals surface area contributed by atoms with Crippen LogP contribution in [0, 0.1) is 0 Å². The minimum absolute atomic E-state index is 0.353. The van der Waals surface area contributed by atoms with E-state index in [1.807, 2.05) is 43.3 Å². The van der Waals surface area contributed by atoms with E-state index in [1.165, 1.54) is 11.6 Å². The number of rotatable bonds is 5. The minimum Gasteiger partial charge on any atom is -0.275 e.